The summed E-state index contributed by atoms with van der Waals surface area (Å²) < 4.78 is 0. The third-order valence-electron chi connectivity index (χ3n) is 3.94. The SMILES string of the molecule is CNC(=O)c1ccc(NC2CCCCC2CN)cc1. The molecule has 1 aromatic carbocycles. The molecule has 2 atom stereocenters. The van der Waals surface area contributed by atoms with E-state index >= 15 is 0 Å². The first-order chi connectivity index (χ1) is 9.24. The Morgan fingerprint density at radius 3 is 2.58 bits per heavy atom. The van der Waals surface area contributed by atoms with Gasteiger partial charge in [0.2, 0.25) is 0 Å². The molecule has 1 aromatic rings. The molecule has 104 valence electrons. The molecule has 1 aliphatic carbocycles. The van der Waals surface area contributed by atoms with Crippen LogP contribution in [0, 0.1) is 5.92 Å². The molecule has 0 heterocycles. The van der Waals surface area contributed by atoms with Crippen LogP contribution in [0.4, 0.5) is 5.69 Å². The molecule has 0 spiro atoms. The van der Waals surface area contributed by atoms with Gasteiger partial charge >= 0.3 is 0 Å². The van der Waals surface area contributed by atoms with Gasteiger partial charge in [-0.3, -0.25) is 4.79 Å². The molecular formula is C15H23N3O. The number of amides is 1. The summed E-state index contributed by atoms with van der Waals surface area (Å²) >= 11 is 0. The Kier molecular flexibility index (Phi) is 4.80. The van der Waals surface area contributed by atoms with E-state index in [9.17, 15) is 4.79 Å². The van der Waals surface area contributed by atoms with Crippen LogP contribution in [0.3, 0.4) is 0 Å². The normalized spacial score (nSPS) is 22.8. The molecule has 1 saturated carbocycles. The second kappa shape index (κ2) is 6.57. The fraction of sp³-hybridized carbons (Fsp3) is 0.533. The van der Waals surface area contributed by atoms with Gasteiger partial charge in [-0.2, -0.15) is 0 Å². The Bertz CT molecular complexity index is 416. The Labute approximate surface area is 114 Å². The average Bonchev–Trinajstić information content (AvgIpc) is 2.48. The average molecular weight is 261 g/mol. The number of carbonyl (C=O) groups excluding carboxylic acids is 1. The highest BCUT2D eigenvalue weighted by atomic mass is 16.1. The lowest BCUT2D eigenvalue weighted by atomic mass is 9.84. The van der Waals surface area contributed by atoms with Gasteiger partial charge < -0.3 is 16.4 Å². The van der Waals surface area contributed by atoms with E-state index in [1.807, 2.05) is 24.3 Å². The highest BCUT2D eigenvalue weighted by Crippen LogP contribution is 2.26. The van der Waals surface area contributed by atoms with Crippen LogP contribution >= 0.6 is 0 Å². The number of carbonyl (C=O) groups is 1. The van der Waals surface area contributed by atoms with Crippen molar-refractivity contribution >= 4 is 11.6 Å². The zero-order valence-corrected chi connectivity index (χ0v) is 11.5. The molecule has 0 bridgehead atoms. The molecule has 2 rings (SSSR count). The molecular weight excluding hydrogens is 238 g/mol. The van der Waals surface area contributed by atoms with Crippen molar-refractivity contribution in [3.63, 3.8) is 0 Å². The van der Waals surface area contributed by atoms with Gasteiger partial charge in [-0.1, -0.05) is 12.8 Å². The lowest BCUT2D eigenvalue weighted by Crippen LogP contribution is -2.36. The molecule has 19 heavy (non-hydrogen) atoms. The largest absolute Gasteiger partial charge is 0.382 e. The van der Waals surface area contributed by atoms with Gasteiger partial charge in [-0.15, -0.1) is 0 Å². The summed E-state index contributed by atoms with van der Waals surface area (Å²) in [5.41, 5.74) is 7.59. The van der Waals surface area contributed by atoms with Crippen molar-refractivity contribution in [3.8, 4) is 0 Å². The summed E-state index contributed by atoms with van der Waals surface area (Å²) in [6, 6.07) is 8.09. The van der Waals surface area contributed by atoms with Crippen molar-refractivity contribution in [3.05, 3.63) is 29.8 Å². The third kappa shape index (κ3) is 3.47. The number of hydrogen-bond acceptors (Lipinski definition) is 3. The van der Waals surface area contributed by atoms with Gasteiger partial charge in [0.1, 0.15) is 0 Å². The Morgan fingerprint density at radius 1 is 1.26 bits per heavy atom. The second-order valence-corrected chi connectivity index (χ2v) is 5.19. The Morgan fingerprint density at radius 2 is 1.95 bits per heavy atom. The van der Waals surface area contributed by atoms with Crippen LogP contribution < -0.4 is 16.4 Å². The maximum absolute atomic E-state index is 11.5. The maximum Gasteiger partial charge on any atom is 0.251 e. The second-order valence-electron chi connectivity index (χ2n) is 5.19. The number of nitrogens with one attached hydrogen (secondary N) is 2. The number of anilines is 1. The van der Waals surface area contributed by atoms with Crippen LogP contribution in [0.2, 0.25) is 0 Å². The molecule has 4 N–H and O–H groups in total. The molecule has 0 radical (unpaired) electrons. The maximum atomic E-state index is 11.5. The Hall–Kier alpha value is -1.55. The van der Waals surface area contributed by atoms with Crippen molar-refractivity contribution < 1.29 is 4.79 Å². The smallest absolute Gasteiger partial charge is 0.251 e. The van der Waals surface area contributed by atoms with Gasteiger partial charge in [-0.25, -0.2) is 0 Å². The summed E-state index contributed by atoms with van der Waals surface area (Å²) in [6.45, 7) is 0.744. The molecule has 0 aromatic heterocycles. The van der Waals surface area contributed by atoms with Gasteiger partial charge in [0.25, 0.3) is 5.91 Å². The number of hydrogen-bond donors (Lipinski definition) is 3. The van der Waals surface area contributed by atoms with Crippen LogP contribution in [0.1, 0.15) is 36.0 Å². The zero-order chi connectivity index (χ0) is 13.7. The summed E-state index contributed by atoms with van der Waals surface area (Å²) in [4.78, 5) is 11.5. The van der Waals surface area contributed by atoms with Crippen molar-refractivity contribution in [2.75, 3.05) is 18.9 Å². The van der Waals surface area contributed by atoms with Crippen LogP contribution in [0.5, 0.6) is 0 Å². The zero-order valence-electron chi connectivity index (χ0n) is 11.5. The predicted molar refractivity (Wildman–Crippen MR) is 78.3 cm³/mol. The van der Waals surface area contributed by atoms with Crippen molar-refractivity contribution in [1.82, 2.24) is 5.32 Å². The quantitative estimate of drug-likeness (QED) is 0.776. The van der Waals surface area contributed by atoms with E-state index in [1.165, 1.54) is 25.7 Å². The first kappa shape index (κ1) is 13.9. The van der Waals surface area contributed by atoms with E-state index in [0.29, 0.717) is 17.5 Å². The van der Waals surface area contributed by atoms with Gasteiger partial charge in [0, 0.05) is 24.3 Å². The summed E-state index contributed by atoms with van der Waals surface area (Å²) in [6.07, 6.45) is 4.95. The molecule has 0 saturated heterocycles. The van der Waals surface area contributed by atoms with Crippen molar-refractivity contribution in [2.45, 2.75) is 31.7 Å². The molecule has 2 unspecified atom stereocenters. The molecule has 4 heteroatoms. The third-order valence-corrected chi connectivity index (χ3v) is 3.94. The number of rotatable bonds is 4. The van der Waals surface area contributed by atoms with Crippen LogP contribution in [0.15, 0.2) is 24.3 Å². The topological polar surface area (TPSA) is 67.2 Å². The predicted octanol–water partition coefficient (Wildman–Crippen LogP) is 1.98. The van der Waals surface area contributed by atoms with Crippen LogP contribution in [0.25, 0.3) is 0 Å². The minimum Gasteiger partial charge on any atom is -0.382 e. The highest BCUT2D eigenvalue weighted by Gasteiger charge is 2.23. The molecule has 0 aliphatic heterocycles. The van der Waals surface area contributed by atoms with Gasteiger partial charge in [0.15, 0.2) is 0 Å². The van der Waals surface area contributed by atoms with E-state index in [0.717, 1.165) is 12.2 Å². The molecule has 1 amide bonds. The fourth-order valence-electron chi connectivity index (χ4n) is 2.76. The fourth-order valence-corrected chi connectivity index (χ4v) is 2.76. The van der Waals surface area contributed by atoms with Crippen LogP contribution in [-0.4, -0.2) is 25.5 Å². The van der Waals surface area contributed by atoms with Crippen molar-refractivity contribution in [2.24, 2.45) is 11.7 Å². The van der Waals surface area contributed by atoms with Gasteiger partial charge in [0.05, 0.1) is 0 Å². The minimum absolute atomic E-state index is 0.0518. The first-order valence-electron chi connectivity index (χ1n) is 7.03. The molecule has 1 aliphatic rings. The van der Waals surface area contributed by atoms with E-state index in [4.69, 9.17) is 5.73 Å². The van der Waals surface area contributed by atoms with E-state index < -0.39 is 0 Å². The van der Waals surface area contributed by atoms with E-state index in [-0.39, 0.29) is 5.91 Å². The minimum atomic E-state index is -0.0518. The van der Waals surface area contributed by atoms with Crippen LogP contribution in [-0.2, 0) is 0 Å². The summed E-state index contributed by atoms with van der Waals surface area (Å²) in [5.74, 6) is 0.511. The molecule has 1 fully saturated rings. The van der Waals surface area contributed by atoms with Crippen molar-refractivity contribution in [1.29, 1.82) is 0 Å². The standard InChI is InChI=1S/C15H23N3O/c1-17-15(19)11-6-8-13(9-7-11)18-14-5-3-2-4-12(14)10-16/h6-9,12,14,18H,2-5,10,16H2,1H3,(H,17,19). The van der Waals surface area contributed by atoms with Gasteiger partial charge in [-0.05, 0) is 49.6 Å². The lowest BCUT2D eigenvalue weighted by Gasteiger charge is -2.32. The first-order valence-corrected chi connectivity index (χ1v) is 7.03. The summed E-state index contributed by atoms with van der Waals surface area (Å²) in [7, 11) is 1.64. The van der Waals surface area contributed by atoms with E-state index in [2.05, 4.69) is 10.6 Å². The number of nitrogens with two attached hydrogens (primary N) is 1. The monoisotopic (exact) mass is 261 g/mol. The van der Waals surface area contributed by atoms with E-state index in [1.54, 1.807) is 7.05 Å². The summed E-state index contributed by atoms with van der Waals surface area (Å²) in [5, 5.41) is 6.18. The Balaban J connectivity index is 2.00. The number of benzene rings is 1. The molecule has 4 nitrogen and oxygen atoms in total. The highest BCUT2D eigenvalue weighted by molar-refractivity contribution is 5.94. The lowest BCUT2D eigenvalue weighted by molar-refractivity contribution is 0.0963.